The molecular formula is C12H15N5O2. The van der Waals surface area contributed by atoms with Crippen LogP contribution in [0.1, 0.15) is 29.0 Å². The maximum atomic E-state index is 10.6. The number of aromatic nitrogens is 4. The maximum Gasteiger partial charge on any atom is 0.358 e. The van der Waals surface area contributed by atoms with Gasteiger partial charge in [0, 0.05) is 25.0 Å². The number of aromatic carboxylic acids is 1. The van der Waals surface area contributed by atoms with Crippen molar-refractivity contribution in [3.63, 3.8) is 0 Å². The molecular weight excluding hydrogens is 246 g/mol. The van der Waals surface area contributed by atoms with Gasteiger partial charge in [-0.05, 0) is 24.6 Å². The number of carbonyl (C=O) groups is 1. The van der Waals surface area contributed by atoms with Gasteiger partial charge in [-0.25, -0.2) is 4.79 Å². The minimum Gasteiger partial charge on any atom is -0.476 e. The van der Waals surface area contributed by atoms with Crippen LogP contribution in [-0.2, 0) is 6.54 Å². The normalized spacial score (nSPS) is 12.3. The predicted octanol–water partition coefficient (Wildman–Crippen LogP) is 0.722. The van der Waals surface area contributed by atoms with Crippen molar-refractivity contribution in [2.45, 2.75) is 19.5 Å². The van der Waals surface area contributed by atoms with Crippen LogP contribution < -0.4 is 5.32 Å². The summed E-state index contributed by atoms with van der Waals surface area (Å²) >= 11 is 0. The van der Waals surface area contributed by atoms with Gasteiger partial charge in [0.1, 0.15) is 0 Å². The molecule has 0 bridgehead atoms. The molecule has 2 aromatic heterocycles. The highest BCUT2D eigenvalue weighted by molar-refractivity contribution is 5.84. The average molecular weight is 261 g/mol. The summed E-state index contributed by atoms with van der Waals surface area (Å²) in [6.07, 6.45) is 4.93. The van der Waals surface area contributed by atoms with Crippen LogP contribution in [0.5, 0.6) is 0 Å². The molecule has 1 atom stereocenters. The minimum atomic E-state index is -1.07. The SMILES string of the molecule is C[C@@H](NCCn1cc(C(=O)O)nn1)c1ccncc1. The Balaban J connectivity index is 1.81. The van der Waals surface area contributed by atoms with Crippen LogP contribution in [0.15, 0.2) is 30.7 Å². The van der Waals surface area contributed by atoms with Crippen LogP contribution >= 0.6 is 0 Å². The monoisotopic (exact) mass is 261 g/mol. The smallest absolute Gasteiger partial charge is 0.358 e. The fourth-order valence-corrected chi connectivity index (χ4v) is 1.67. The van der Waals surface area contributed by atoms with E-state index in [1.165, 1.54) is 10.9 Å². The molecule has 0 spiro atoms. The fourth-order valence-electron chi connectivity index (χ4n) is 1.67. The number of nitrogens with one attached hydrogen (secondary N) is 1. The van der Waals surface area contributed by atoms with E-state index in [4.69, 9.17) is 5.11 Å². The van der Waals surface area contributed by atoms with Gasteiger partial charge < -0.3 is 10.4 Å². The molecule has 2 N–H and O–H groups in total. The fraction of sp³-hybridized carbons (Fsp3) is 0.333. The number of rotatable bonds is 6. The lowest BCUT2D eigenvalue weighted by Crippen LogP contribution is -2.23. The lowest BCUT2D eigenvalue weighted by atomic mass is 10.1. The van der Waals surface area contributed by atoms with Gasteiger partial charge in [0.15, 0.2) is 5.69 Å². The lowest BCUT2D eigenvalue weighted by Gasteiger charge is -2.13. The topological polar surface area (TPSA) is 92.9 Å². The molecule has 0 amide bonds. The van der Waals surface area contributed by atoms with E-state index in [0.29, 0.717) is 13.1 Å². The Morgan fingerprint density at radius 3 is 2.84 bits per heavy atom. The second kappa shape index (κ2) is 6.05. The Morgan fingerprint density at radius 1 is 1.47 bits per heavy atom. The molecule has 2 heterocycles. The summed E-state index contributed by atoms with van der Waals surface area (Å²) in [5.41, 5.74) is 1.11. The molecule has 2 rings (SSSR count). The van der Waals surface area contributed by atoms with Gasteiger partial charge in [-0.1, -0.05) is 5.21 Å². The van der Waals surface area contributed by atoms with Gasteiger partial charge in [0.25, 0.3) is 0 Å². The van der Waals surface area contributed by atoms with Crippen LogP contribution in [-0.4, -0.2) is 37.6 Å². The summed E-state index contributed by atoms with van der Waals surface area (Å²) in [7, 11) is 0. The second-order valence-electron chi connectivity index (χ2n) is 4.13. The Labute approximate surface area is 110 Å². The first-order valence-electron chi connectivity index (χ1n) is 5.93. The first kappa shape index (κ1) is 13.2. The highest BCUT2D eigenvalue weighted by Gasteiger charge is 2.08. The van der Waals surface area contributed by atoms with E-state index < -0.39 is 5.97 Å². The number of hydrogen-bond acceptors (Lipinski definition) is 5. The summed E-state index contributed by atoms with van der Waals surface area (Å²) < 4.78 is 1.51. The summed E-state index contributed by atoms with van der Waals surface area (Å²) in [5, 5.41) is 19.3. The molecule has 100 valence electrons. The van der Waals surface area contributed by atoms with Gasteiger partial charge >= 0.3 is 5.97 Å². The molecule has 0 aliphatic heterocycles. The van der Waals surface area contributed by atoms with E-state index in [-0.39, 0.29) is 11.7 Å². The summed E-state index contributed by atoms with van der Waals surface area (Å²) in [6.45, 7) is 3.29. The third-order valence-corrected chi connectivity index (χ3v) is 2.76. The van der Waals surface area contributed by atoms with E-state index in [0.717, 1.165) is 5.56 Å². The largest absolute Gasteiger partial charge is 0.476 e. The van der Waals surface area contributed by atoms with Gasteiger partial charge in [-0.3, -0.25) is 9.67 Å². The van der Waals surface area contributed by atoms with Crippen molar-refractivity contribution < 1.29 is 9.90 Å². The van der Waals surface area contributed by atoms with Crippen LogP contribution in [0, 0.1) is 0 Å². The molecule has 0 aromatic carbocycles. The molecule has 7 heteroatoms. The van der Waals surface area contributed by atoms with Crippen molar-refractivity contribution in [1.82, 2.24) is 25.3 Å². The Hall–Kier alpha value is -2.28. The lowest BCUT2D eigenvalue weighted by molar-refractivity contribution is 0.0690. The van der Waals surface area contributed by atoms with Crippen LogP contribution in [0.2, 0.25) is 0 Å². The third-order valence-electron chi connectivity index (χ3n) is 2.76. The summed E-state index contributed by atoms with van der Waals surface area (Å²) in [4.78, 5) is 14.6. The standard InChI is InChI=1S/C12H15N5O2/c1-9(10-2-4-13-5-3-10)14-6-7-17-8-11(12(18)19)15-16-17/h2-5,8-9,14H,6-7H2,1H3,(H,18,19)/t9-/m1/s1. The first-order chi connectivity index (χ1) is 9.16. The Morgan fingerprint density at radius 2 is 2.21 bits per heavy atom. The molecule has 19 heavy (non-hydrogen) atoms. The number of hydrogen-bond donors (Lipinski definition) is 2. The molecule has 0 aliphatic carbocycles. The highest BCUT2D eigenvalue weighted by atomic mass is 16.4. The summed E-state index contributed by atoms with van der Waals surface area (Å²) in [6, 6.07) is 4.11. The van der Waals surface area contributed by atoms with E-state index >= 15 is 0 Å². The van der Waals surface area contributed by atoms with E-state index in [1.54, 1.807) is 12.4 Å². The van der Waals surface area contributed by atoms with Crippen molar-refractivity contribution in [1.29, 1.82) is 0 Å². The summed E-state index contributed by atoms with van der Waals surface area (Å²) in [5.74, 6) is -1.07. The first-order valence-corrected chi connectivity index (χ1v) is 5.93. The Kier molecular flexibility index (Phi) is 4.19. The van der Waals surface area contributed by atoms with Crippen LogP contribution in [0.3, 0.4) is 0 Å². The van der Waals surface area contributed by atoms with Crippen molar-refractivity contribution in [3.05, 3.63) is 42.0 Å². The molecule has 0 saturated heterocycles. The molecule has 0 saturated carbocycles. The quantitative estimate of drug-likeness (QED) is 0.796. The number of carboxylic acids is 1. The maximum absolute atomic E-state index is 10.6. The van der Waals surface area contributed by atoms with Crippen LogP contribution in [0.4, 0.5) is 0 Å². The molecule has 0 aliphatic rings. The molecule has 0 radical (unpaired) electrons. The van der Waals surface area contributed by atoms with Crippen molar-refractivity contribution in [2.75, 3.05) is 6.54 Å². The average Bonchev–Trinajstić information content (AvgIpc) is 2.89. The molecule has 7 nitrogen and oxygen atoms in total. The van der Waals surface area contributed by atoms with E-state index in [1.807, 2.05) is 12.1 Å². The van der Waals surface area contributed by atoms with Gasteiger partial charge in [-0.2, -0.15) is 0 Å². The van der Waals surface area contributed by atoms with Gasteiger partial charge in [0.05, 0.1) is 12.7 Å². The third kappa shape index (κ3) is 3.59. The highest BCUT2D eigenvalue weighted by Crippen LogP contribution is 2.09. The molecule has 0 fully saturated rings. The number of pyridine rings is 1. The number of nitrogens with zero attached hydrogens (tertiary/aromatic N) is 4. The van der Waals surface area contributed by atoms with E-state index in [9.17, 15) is 4.79 Å². The molecule has 2 aromatic rings. The second-order valence-corrected chi connectivity index (χ2v) is 4.13. The molecule has 0 unspecified atom stereocenters. The minimum absolute atomic E-state index is 0.0396. The zero-order valence-corrected chi connectivity index (χ0v) is 10.5. The van der Waals surface area contributed by atoms with Crippen molar-refractivity contribution in [3.8, 4) is 0 Å². The van der Waals surface area contributed by atoms with Crippen molar-refractivity contribution in [2.24, 2.45) is 0 Å². The number of carboxylic acid groups (broad SMARTS) is 1. The van der Waals surface area contributed by atoms with E-state index in [2.05, 4.69) is 27.5 Å². The zero-order valence-electron chi connectivity index (χ0n) is 10.5. The Bertz CT molecular complexity index is 540. The zero-order chi connectivity index (χ0) is 13.7. The van der Waals surface area contributed by atoms with Gasteiger partial charge in [0.2, 0.25) is 0 Å². The predicted molar refractivity (Wildman–Crippen MR) is 67.6 cm³/mol. The van der Waals surface area contributed by atoms with Gasteiger partial charge in [-0.15, -0.1) is 5.10 Å². The van der Waals surface area contributed by atoms with Crippen molar-refractivity contribution >= 4 is 5.97 Å². The van der Waals surface area contributed by atoms with Crippen LogP contribution in [0.25, 0.3) is 0 Å².